The van der Waals surface area contributed by atoms with Crippen LogP contribution in [0.1, 0.15) is 12.5 Å². The van der Waals surface area contributed by atoms with E-state index in [9.17, 15) is 4.39 Å². The van der Waals surface area contributed by atoms with E-state index in [0.717, 1.165) is 10.9 Å². The van der Waals surface area contributed by atoms with Gasteiger partial charge in [0.1, 0.15) is 5.82 Å². The fourth-order valence-electron chi connectivity index (χ4n) is 1.02. The molecule has 0 aromatic heterocycles. The van der Waals surface area contributed by atoms with Crippen LogP contribution in [0.25, 0.3) is 0 Å². The molecule has 0 saturated carbocycles. The van der Waals surface area contributed by atoms with E-state index in [4.69, 9.17) is 11.6 Å². The molecule has 1 atom stereocenters. The molecule has 1 aromatic rings. The molecular weight excluding hydrogens is 268 g/mol. The predicted octanol–water partition coefficient (Wildman–Crippen LogP) is 3.35. The molecule has 0 fully saturated rings. The summed E-state index contributed by atoms with van der Waals surface area (Å²) in [5.74, 6) is -0.252. The van der Waals surface area contributed by atoms with Crippen LogP contribution in [0.2, 0.25) is 5.02 Å². The van der Waals surface area contributed by atoms with Gasteiger partial charge in [0.2, 0.25) is 0 Å². The second kappa shape index (κ2) is 5.69. The highest BCUT2D eigenvalue weighted by atomic mass is 79.9. The van der Waals surface area contributed by atoms with Gasteiger partial charge in [-0.05, 0) is 30.7 Å². The molecule has 1 aromatic carbocycles. The number of benzene rings is 1. The maximum absolute atomic E-state index is 12.9. The van der Waals surface area contributed by atoms with Crippen LogP contribution in [0, 0.1) is 5.82 Å². The maximum Gasteiger partial charge on any atom is 0.123 e. The topological polar surface area (TPSA) is 12.0 Å². The van der Waals surface area contributed by atoms with Gasteiger partial charge >= 0.3 is 0 Å². The normalized spacial score (nSPS) is 12.9. The second-order valence-corrected chi connectivity index (χ2v) is 4.23. The zero-order chi connectivity index (χ0) is 10.6. The van der Waals surface area contributed by atoms with E-state index in [0.29, 0.717) is 17.6 Å². The van der Waals surface area contributed by atoms with Crippen molar-refractivity contribution in [2.75, 3.05) is 5.33 Å². The van der Waals surface area contributed by atoms with Gasteiger partial charge in [0.05, 0.1) is 0 Å². The van der Waals surface area contributed by atoms with E-state index in [-0.39, 0.29) is 5.82 Å². The van der Waals surface area contributed by atoms with Crippen LogP contribution in [-0.4, -0.2) is 11.4 Å². The lowest BCUT2D eigenvalue weighted by molar-refractivity contribution is 0.589. The molecule has 0 amide bonds. The Labute approximate surface area is 96.8 Å². The van der Waals surface area contributed by atoms with Crippen molar-refractivity contribution in [2.24, 2.45) is 0 Å². The Balaban J connectivity index is 2.62. The van der Waals surface area contributed by atoms with Gasteiger partial charge in [0.25, 0.3) is 0 Å². The van der Waals surface area contributed by atoms with Gasteiger partial charge in [0.15, 0.2) is 0 Å². The van der Waals surface area contributed by atoms with Crippen molar-refractivity contribution >= 4 is 27.5 Å². The summed E-state index contributed by atoms with van der Waals surface area (Å²) in [6.07, 6.45) is 0. The molecule has 1 nitrogen and oxygen atoms in total. The van der Waals surface area contributed by atoms with Crippen LogP contribution >= 0.6 is 27.5 Å². The predicted molar refractivity (Wildman–Crippen MR) is 61.5 cm³/mol. The van der Waals surface area contributed by atoms with E-state index in [2.05, 4.69) is 21.2 Å². The Morgan fingerprint density at radius 2 is 2.29 bits per heavy atom. The molecule has 0 bridgehead atoms. The third-order valence-corrected chi connectivity index (χ3v) is 3.22. The standard InChI is InChI=1S/C10H12BrClFN/c1-7(5-11)14-6-8-4-9(13)2-3-10(8)12/h2-4,7,14H,5-6H2,1H3. The quantitative estimate of drug-likeness (QED) is 0.834. The third kappa shape index (κ3) is 3.56. The molecule has 0 aliphatic carbocycles. The molecule has 14 heavy (non-hydrogen) atoms. The van der Waals surface area contributed by atoms with Gasteiger partial charge in [-0.2, -0.15) is 0 Å². The molecule has 1 N–H and O–H groups in total. The van der Waals surface area contributed by atoms with E-state index in [1.807, 2.05) is 6.92 Å². The monoisotopic (exact) mass is 279 g/mol. The van der Waals surface area contributed by atoms with Gasteiger partial charge in [-0.1, -0.05) is 27.5 Å². The highest BCUT2D eigenvalue weighted by Gasteiger charge is 2.03. The molecular formula is C10H12BrClFN. The Morgan fingerprint density at radius 1 is 1.57 bits per heavy atom. The van der Waals surface area contributed by atoms with E-state index in [1.54, 1.807) is 6.07 Å². The molecule has 0 spiro atoms. The summed E-state index contributed by atoms with van der Waals surface area (Å²) < 4.78 is 12.9. The van der Waals surface area contributed by atoms with Crippen LogP contribution < -0.4 is 5.32 Å². The van der Waals surface area contributed by atoms with Crippen molar-refractivity contribution in [1.82, 2.24) is 5.32 Å². The van der Waals surface area contributed by atoms with Crippen LogP contribution in [0.15, 0.2) is 18.2 Å². The van der Waals surface area contributed by atoms with Crippen molar-refractivity contribution < 1.29 is 4.39 Å². The van der Waals surface area contributed by atoms with Gasteiger partial charge in [-0.3, -0.25) is 0 Å². The Morgan fingerprint density at radius 3 is 2.93 bits per heavy atom. The van der Waals surface area contributed by atoms with E-state index < -0.39 is 0 Å². The largest absolute Gasteiger partial charge is 0.309 e. The first-order valence-electron chi connectivity index (χ1n) is 4.36. The number of rotatable bonds is 4. The lowest BCUT2D eigenvalue weighted by Crippen LogP contribution is -2.26. The van der Waals surface area contributed by atoms with E-state index in [1.165, 1.54) is 12.1 Å². The zero-order valence-corrected chi connectivity index (χ0v) is 10.2. The number of halogens is 3. The number of hydrogen-bond acceptors (Lipinski definition) is 1. The Kier molecular flexibility index (Phi) is 4.85. The minimum Gasteiger partial charge on any atom is -0.309 e. The highest BCUT2D eigenvalue weighted by Crippen LogP contribution is 2.16. The number of hydrogen-bond donors (Lipinski definition) is 1. The second-order valence-electron chi connectivity index (χ2n) is 3.17. The summed E-state index contributed by atoms with van der Waals surface area (Å²) in [6, 6.07) is 4.73. The van der Waals surface area contributed by atoms with Crippen LogP contribution in [-0.2, 0) is 6.54 Å². The maximum atomic E-state index is 12.9. The summed E-state index contributed by atoms with van der Waals surface area (Å²) >= 11 is 9.26. The molecule has 0 heterocycles. The molecule has 1 unspecified atom stereocenters. The molecule has 0 saturated heterocycles. The lowest BCUT2D eigenvalue weighted by Gasteiger charge is -2.11. The van der Waals surface area contributed by atoms with Crippen LogP contribution in [0.5, 0.6) is 0 Å². The van der Waals surface area contributed by atoms with Crippen molar-refractivity contribution in [1.29, 1.82) is 0 Å². The summed E-state index contributed by atoms with van der Waals surface area (Å²) in [5.41, 5.74) is 0.791. The first kappa shape index (κ1) is 12.0. The van der Waals surface area contributed by atoms with Crippen LogP contribution in [0.3, 0.4) is 0 Å². The van der Waals surface area contributed by atoms with Gasteiger partial charge in [-0.15, -0.1) is 0 Å². The fraction of sp³-hybridized carbons (Fsp3) is 0.400. The Bertz CT molecular complexity index is 306. The summed E-state index contributed by atoms with van der Waals surface area (Å²) in [5, 5.41) is 4.68. The van der Waals surface area contributed by atoms with Crippen molar-refractivity contribution in [2.45, 2.75) is 19.5 Å². The summed E-state index contributed by atoms with van der Waals surface area (Å²) in [7, 11) is 0. The molecule has 0 aliphatic rings. The molecule has 0 radical (unpaired) electrons. The minimum absolute atomic E-state index is 0.252. The van der Waals surface area contributed by atoms with E-state index >= 15 is 0 Å². The smallest absolute Gasteiger partial charge is 0.123 e. The number of nitrogens with one attached hydrogen (secondary N) is 1. The van der Waals surface area contributed by atoms with Crippen molar-refractivity contribution in [3.63, 3.8) is 0 Å². The molecule has 78 valence electrons. The van der Waals surface area contributed by atoms with Crippen molar-refractivity contribution in [3.05, 3.63) is 34.6 Å². The first-order chi connectivity index (χ1) is 6.63. The Hall–Kier alpha value is -0.120. The summed E-state index contributed by atoms with van der Waals surface area (Å²) in [6.45, 7) is 2.63. The van der Waals surface area contributed by atoms with Gasteiger partial charge in [-0.25, -0.2) is 4.39 Å². The van der Waals surface area contributed by atoms with Crippen LogP contribution in [0.4, 0.5) is 4.39 Å². The average molecular weight is 281 g/mol. The first-order valence-corrected chi connectivity index (χ1v) is 5.86. The lowest BCUT2D eigenvalue weighted by atomic mass is 10.2. The molecule has 1 rings (SSSR count). The highest BCUT2D eigenvalue weighted by molar-refractivity contribution is 9.09. The minimum atomic E-state index is -0.252. The fourth-order valence-corrected chi connectivity index (χ4v) is 1.43. The van der Waals surface area contributed by atoms with Gasteiger partial charge < -0.3 is 5.32 Å². The van der Waals surface area contributed by atoms with Gasteiger partial charge in [0, 0.05) is 22.9 Å². The summed E-state index contributed by atoms with van der Waals surface area (Å²) in [4.78, 5) is 0. The number of alkyl halides is 1. The zero-order valence-electron chi connectivity index (χ0n) is 7.86. The van der Waals surface area contributed by atoms with Crippen molar-refractivity contribution in [3.8, 4) is 0 Å². The molecule has 4 heteroatoms. The molecule has 0 aliphatic heterocycles. The average Bonchev–Trinajstić information content (AvgIpc) is 2.19. The SMILES string of the molecule is CC(CBr)NCc1cc(F)ccc1Cl. The third-order valence-electron chi connectivity index (χ3n) is 1.88.